The molecule has 0 radical (unpaired) electrons. The highest BCUT2D eigenvalue weighted by molar-refractivity contribution is 7.89. The van der Waals surface area contributed by atoms with E-state index in [0.717, 1.165) is 5.56 Å². The molecule has 0 bridgehead atoms. The smallest absolute Gasteiger partial charge is 0.243 e. The lowest BCUT2D eigenvalue weighted by molar-refractivity contribution is 0.0730. The highest BCUT2D eigenvalue weighted by atomic mass is 32.2. The van der Waals surface area contributed by atoms with Crippen LogP contribution in [0.1, 0.15) is 17.3 Å². The molecule has 174 valence electrons. The number of rotatable bonds is 7. The molecule has 0 amide bonds. The summed E-state index contributed by atoms with van der Waals surface area (Å²) < 4.78 is 60.6. The van der Waals surface area contributed by atoms with Crippen LogP contribution in [-0.4, -0.2) is 63.8 Å². The van der Waals surface area contributed by atoms with Gasteiger partial charge in [0.05, 0.1) is 34.7 Å². The van der Waals surface area contributed by atoms with Gasteiger partial charge in [0.25, 0.3) is 0 Å². The second-order valence-electron chi connectivity index (χ2n) is 7.58. The van der Waals surface area contributed by atoms with Gasteiger partial charge in [0.1, 0.15) is 0 Å². The zero-order valence-electron chi connectivity index (χ0n) is 18.1. The van der Waals surface area contributed by atoms with Crippen molar-refractivity contribution < 1.29 is 21.6 Å². The molecule has 0 saturated carbocycles. The summed E-state index contributed by atoms with van der Waals surface area (Å²) in [5.41, 5.74) is 1.36. The molecule has 4 rings (SSSR count). The highest BCUT2D eigenvalue weighted by Crippen LogP contribution is 2.31. The van der Waals surface area contributed by atoms with E-state index in [2.05, 4.69) is 4.98 Å². The summed E-state index contributed by atoms with van der Waals surface area (Å²) in [6.07, 6.45) is 1.62. The highest BCUT2D eigenvalue weighted by Gasteiger charge is 2.32. The van der Waals surface area contributed by atoms with Gasteiger partial charge >= 0.3 is 0 Å². The standard InChI is InChI=1S/C23H25N3O5S2/c1-25(23(19-7-3-2-4-8-19)22-9-5-6-14-24-22)32(27,28)20-10-12-21(13-11-20)33(29,30)26-15-17-31-18-16-26/h2-14,23H,15-18H2,1H3. The average Bonchev–Trinajstić information content (AvgIpc) is 2.86. The third kappa shape index (κ3) is 4.85. The van der Waals surface area contributed by atoms with Crippen LogP contribution in [0.15, 0.2) is 88.8 Å². The molecule has 2 heterocycles. The Balaban J connectivity index is 1.66. The van der Waals surface area contributed by atoms with Gasteiger partial charge < -0.3 is 4.74 Å². The van der Waals surface area contributed by atoms with Gasteiger partial charge in [0.15, 0.2) is 0 Å². The molecule has 1 atom stereocenters. The van der Waals surface area contributed by atoms with Crippen LogP contribution in [-0.2, 0) is 24.8 Å². The van der Waals surface area contributed by atoms with Crippen LogP contribution >= 0.6 is 0 Å². The van der Waals surface area contributed by atoms with Crippen molar-refractivity contribution in [3.8, 4) is 0 Å². The van der Waals surface area contributed by atoms with Crippen LogP contribution in [0.2, 0.25) is 0 Å². The molecule has 1 unspecified atom stereocenters. The second-order valence-corrected chi connectivity index (χ2v) is 11.5. The van der Waals surface area contributed by atoms with Gasteiger partial charge in [0.2, 0.25) is 20.0 Å². The minimum absolute atomic E-state index is 0.00258. The summed E-state index contributed by atoms with van der Waals surface area (Å²) in [6.45, 7) is 1.22. The summed E-state index contributed by atoms with van der Waals surface area (Å²) in [5.74, 6) is 0. The van der Waals surface area contributed by atoms with Crippen LogP contribution in [0.4, 0.5) is 0 Å². The van der Waals surface area contributed by atoms with Crippen LogP contribution in [0.25, 0.3) is 0 Å². The fourth-order valence-corrected chi connectivity index (χ4v) is 6.49. The normalized spacial score (nSPS) is 16.5. The zero-order chi connectivity index (χ0) is 23.5. The summed E-state index contributed by atoms with van der Waals surface area (Å²) in [6, 6.07) is 19.3. The molecule has 8 nitrogen and oxygen atoms in total. The van der Waals surface area contributed by atoms with Gasteiger partial charge in [-0.3, -0.25) is 4.98 Å². The number of ether oxygens (including phenoxy) is 1. The Morgan fingerprint density at radius 1 is 0.848 bits per heavy atom. The van der Waals surface area contributed by atoms with Crippen LogP contribution < -0.4 is 0 Å². The zero-order valence-corrected chi connectivity index (χ0v) is 19.7. The van der Waals surface area contributed by atoms with Crippen LogP contribution in [0.3, 0.4) is 0 Å². The first-order valence-corrected chi connectivity index (χ1v) is 13.3. The quantitative estimate of drug-likeness (QED) is 0.508. The second kappa shape index (κ2) is 9.70. The number of nitrogens with zero attached hydrogens (tertiary/aromatic N) is 3. The summed E-state index contributed by atoms with van der Waals surface area (Å²) in [7, 11) is -6.17. The largest absolute Gasteiger partial charge is 0.379 e. The first kappa shape index (κ1) is 23.5. The Labute approximate surface area is 194 Å². The third-order valence-electron chi connectivity index (χ3n) is 5.56. The number of morpholine rings is 1. The summed E-state index contributed by atoms with van der Waals surface area (Å²) in [4.78, 5) is 4.43. The average molecular weight is 488 g/mol. The molecule has 10 heteroatoms. The van der Waals surface area contributed by atoms with Crippen molar-refractivity contribution in [2.24, 2.45) is 0 Å². The lowest BCUT2D eigenvalue weighted by Gasteiger charge is -2.28. The van der Waals surface area contributed by atoms with Gasteiger partial charge in [0, 0.05) is 26.3 Å². The SMILES string of the molecule is CN(C(c1ccccc1)c1ccccn1)S(=O)(=O)c1ccc(S(=O)(=O)N2CCOCC2)cc1. The number of benzene rings is 2. The Morgan fingerprint density at radius 2 is 1.45 bits per heavy atom. The predicted molar refractivity (Wildman–Crippen MR) is 123 cm³/mol. The topological polar surface area (TPSA) is 96.9 Å². The van der Waals surface area contributed by atoms with Crippen molar-refractivity contribution in [2.45, 2.75) is 15.8 Å². The van der Waals surface area contributed by atoms with Crippen LogP contribution in [0.5, 0.6) is 0 Å². The Bertz CT molecular complexity index is 1240. The van der Waals surface area contributed by atoms with E-state index in [9.17, 15) is 16.8 Å². The molecule has 3 aromatic rings. The number of aromatic nitrogens is 1. The Morgan fingerprint density at radius 3 is 2.06 bits per heavy atom. The fraction of sp³-hybridized carbons (Fsp3) is 0.261. The van der Waals surface area contributed by atoms with Crippen molar-refractivity contribution in [3.63, 3.8) is 0 Å². The molecule has 1 fully saturated rings. The Kier molecular flexibility index (Phi) is 6.91. The van der Waals surface area contributed by atoms with Crippen LogP contribution in [0, 0.1) is 0 Å². The molecule has 2 aromatic carbocycles. The molecule has 1 aromatic heterocycles. The monoisotopic (exact) mass is 487 g/mol. The number of hydrogen-bond acceptors (Lipinski definition) is 6. The maximum atomic E-state index is 13.5. The summed E-state index contributed by atoms with van der Waals surface area (Å²) in [5, 5.41) is 0. The van der Waals surface area contributed by atoms with Gasteiger partial charge in [-0.05, 0) is 42.0 Å². The van der Waals surface area contributed by atoms with E-state index in [1.54, 1.807) is 18.3 Å². The molecule has 0 N–H and O–H groups in total. The maximum Gasteiger partial charge on any atom is 0.243 e. The molecule has 1 saturated heterocycles. The number of pyridine rings is 1. The molecule has 1 aliphatic rings. The maximum absolute atomic E-state index is 13.5. The van der Waals surface area contributed by atoms with Gasteiger partial charge in [-0.2, -0.15) is 8.61 Å². The van der Waals surface area contributed by atoms with E-state index in [1.807, 2.05) is 36.4 Å². The predicted octanol–water partition coefficient (Wildman–Crippen LogP) is 2.51. The van der Waals surface area contributed by atoms with Crippen molar-refractivity contribution in [2.75, 3.05) is 33.4 Å². The van der Waals surface area contributed by atoms with Crippen molar-refractivity contribution in [1.29, 1.82) is 0 Å². The number of hydrogen-bond donors (Lipinski definition) is 0. The van der Waals surface area contributed by atoms with E-state index in [4.69, 9.17) is 4.74 Å². The summed E-state index contributed by atoms with van der Waals surface area (Å²) >= 11 is 0. The lowest BCUT2D eigenvalue weighted by Crippen LogP contribution is -2.40. The fourth-order valence-electron chi connectivity index (χ4n) is 3.76. The molecule has 0 spiro atoms. The van der Waals surface area contributed by atoms with Crippen molar-refractivity contribution in [3.05, 3.63) is 90.3 Å². The van der Waals surface area contributed by atoms with Gasteiger partial charge in [-0.15, -0.1) is 0 Å². The molecular weight excluding hydrogens is 462 g/mol. The molecule has 1 aliphatic heterocycles. The van der Waals surface area contributed by atoms with Crippen molar-refractivity contribution >= 4 is 20.0 Å². The molecule has 33 heavy (non-hydrogen) atoms. The van der Waals surface area contributed by atoms with E-state index >= 15 is 0 Å². The lowest BCUT2D eigenvalue weighted by atomic mass is 10.0. The first-order valence-electron chi connectivity index (χ1n) is 10.4. The third-order valence-corrected chi connectivity index (χ3v) is 9.31. The van der Waals surface area contributed by atoms with E-state index in [0.29, 0.717) is 18.9 Å². The number of sulfonamides is 2. The first-order chi connectivity index (χ1) is 15.8. The van der Waals surface area contributed by atoms with Gasteiger partial charge in [-0.1, -0.05) is 36.4 Å². The van der Waals surface area contributed by atoms with Gasteiger partial charge in [-0.25, -0.2) is 16.8 Å². The Hall–Kier alpha value is -2.63. The van der Waals surface area contributed by atoms with E-state index < -0.39 is 26.1 Å². The van der Waals surface area contributed by atoms with Crippen molar-refractivity contribution in [1.82, 2.24) is 13.6 Å². The molecular formula is C23H25N3O5S2. The minimum atomic E-state index is -3.96. The molecule has 0 aliphatic carbocycles. The van der Waals surface area contributed by atoms with E-state index in [1.165, 1.54) is 39.9 Å². The van der Waals surface area contributed by atoms with E-state index in [-0.39, 0.29) is 22.9 Å². The minimum Gasteiger partial charge on any atom is -0.379 e.